The number of nitrogens with zero attached hydrogens (tertiary/aromatic N) is 4. The maximum Gasteiger partial charge on any atom is 0.292 e. The molecule has 2 aromatic carbocycles. The molecule has 0 bridgehead atoms. The quantitative estimate of drug-likeness (QED) is 0.552. The second-order valence-corrected chi connectivity index (χ2v) is 10.1. The van der Waals surface area contributed by atoms with Crippen molar-refractivity contribution in [3.8, 4) is 5.69 Å². The first-order chi connectivity index (χ1) is 15.2. The van der Waals surface area contributed by atoms with E-state index in [2.05, 4.69) is 5.10 Å². The number of aromatic nitrogens is 2. The van der Waals surface area contributed by atoms with Crippen molar-refractivity contribution in [2.24, 2.45) is 0 Å². The fourth-order valence-electron chi connectivity index (χ4n) is 3.49. The third-order valence-electron chi connectivity index (χ3n) is 5.31. The van der Waals surface area contributed by atoms with E-state index >= 15 is 0 Å². The molecule has 1 saturated heterocycles. The summed E-state index contributed by atoms with van der Waals surface area (Å²) in [5.74, 6) is -0.613. The third kappa shape index (κ3) is 4.25. The molecular formula is C21H19Cl2FN4O3S. The summed E-state index contributed by atoms with van der Waals surface area (Å²) >= 11 is 12.5. The van der Waals surface area contributed by atoms with E-state index < -0.39 is 21.4 Å². The fraction of sp³-hybridized carbons (Fsp3) is 0.238. The summed E-state index contributed by atoms with van der Waals surface area (Å²) in [6.45, 7) is 2.77. The predicted octanol–water partition coefficient (Wildman–Crippen LogP) is 3.50. The van der Waals surface area contributed by atoms with E-state index in [1.807, 2.05) is 6.92 Å². The standard InChI is InChI=1S/C21H19Cl2FN4O3S/c1-14-5-6-16(12-18(14)22)28-21(29)20(23)19(13-25-28)26-7-9-27(10-8-26)32(30,31)17-4-2-3-15(24)11-17/h2-6,11-13H,7-10H2,1H3. The zero-order chi connectivity index (χ0) is 23.0. The predicted molar refractivity (Wildman–Crippen MR) is 122 cm³/mol. The molecule has 0 amide bonds. The first-order valence-corrected chi connectivity index (χ1v) is 11.9. The van der Waals surface area contributed by atoms with Crippen molar-refractivity contribution in [3.63, 3.8) is 0 Å². The molecule has 0 aliphatic carbocycles. The highest BCUT2D eigenvalue weighted by molar-refractivity contribution is 7.89. The number of rotatable bonds is 4. The number of aryl methyl sites for hydroxylation is 1. The lowest BCUT2D eigenvalue weighted by molar-refractivity contribution is 0.384. The van der Waals surface area contributed by atoms with Crippen LogP contribution in [0.5, 0.6) is 0 Å². The van der Waals surface area contributed by atoms with E-state index in [9.17, 15) is 17.6 Å². The van der Waals surface area contributed by atoms with Crippen molar-refractivity contribution in [1.82, 2.24) is 14.1 Å². The molecule has 7 nitrogen and oxygen atoms in total. The van der Waals surface area contributed by atoms with Crippen molar-refractivity contribution in [2.45, 2.75) is 11.8 Å². The lowest BCUT2D eigenvalue weighted by atomic mass is 10.2. The smallest absolute Gasteiger partial charge is 0.292 e. The minimum absolute atomic E-state index is 0.0156. The van der Waals surface area contributed by atoms with Gasteiger partial charge in [0.25, 0.3) is 5.56 Å². The highest BCUT2D eigenvalue weighted by Gasteiger charge is 2.30. The summed E-state index contributed by atoms with van der Waals surface area (Å²) < 4.78 is 41.5. The Bertz CT molecular complexity index is 1340. The number of hydrogen-bond donors (Lipinski definition) is 0. The van der Waals surface area contributed by atoms with Gasteiger partial charge < -0.3 is 4.90 Å². The van der Waals surface area contributed by atoms with Crippen molar-refractivity contribution >= 4 is 38.9 Å². The Morgan fingerprint density at radius 2 is 1.75 bits per heavy atom. The van der Waals surface area contributed by atoms with Crippen molar-refractivity contribution < 1.29 is 12.8 Å². The molecule has 0 atom stereocenters. The van der Waals surface area contributed by atoms with Crippen LogP contribution in [0.2, 0.25) is 10.0 Å². The molecule has 1 fully saturated rings. The van der Waals surface area contributed by atoms with E-state index in [0.29, 0.717) is 29.5 Å². The second-order valence-electron chi connectivity index (χ2n) is 7.34. The molecular weight excluding hydrogens is 478 g/mol. The highest BCUT2D eigenvalue weighted by Crippen LogP contribution is 2.26. The monoisotopic (exact) mass is 496 g/mol. The van der Waals surface area contributed by atoms with Crippen LogP contribution in [0.15, 0.2) is 58.4 Å². The van der Waals surface area contributed by atoms with Crippen LogP contribution >= 0.6 is 23.2 Å². The molecule has 11 heteroatoms. The SMILES string of the molecule is Cc1ccc(-n2ncc(N3CCN(S(=O)(=O)c4cccc(F)c4)CC3)c(Cl)c2=O)cc1Cl. The molecule has 32 heavy (non-hydrogen) atoms. The van der Waals surface area contributed by atoms with Gasteiger partial charge in [-0.25, -0.2) is 12.8 Å². The van der Waals surface area contributed by atoms with E-state index in [1.165, 1.54) is 33.4 Å². The van der Waals surface area contributed by atoms with E-state index in [1.54, 1.807) is 23.1 Å². The fourth-order valence-corrected chi connectivity index (χ4v) is 5.37. The first kappa shape index (κ1) is 22.7. The summed E-state index contributed by atoms with van der Waals surface area (Å²) in [5.41, 5.74) is 1.29. The molecule has 168 valence electrons. The Labute approximate surface area is 194 Å². The van der Waals surface area contributed by atoms with Gasteiger partial charge >= 0.3 is 0 Å². The van der Waals surface area contributed by atoms with Gasteiger partial charge in [-0.05, 0) is 42.8 Å². The first-order valence-electron chi connectivity index (χ1n) is 9.73. The van der Waals surface area contributed by atoms with Crippen LogP contribution in [-0.2, 0) is 10.0 Å². The van der Waals surface area contributed by atoms with Gasteiger partial charge in [0.2, 0.25) is 10.0 Å². The van der Waals surface area contributed by atoms with Crippen LogP contribution < -0.4 is 10.5 Å². The number of hydrogen-bond acceptors (Lipinski definition) is 5. The number of piperazine rings is 1. The summed E-state index contributed by atoms with van der Waals surface area (Å²) in [7, 11) is -3.82. The molecule has 4 rings (SSSR count). The number of halogens is 3. The van der Waals surface area contributed by atoms with E-state index in [4.69, 9.17) is 23.2 Å². The number of sulfonamides is 1. The van der Waals surface area contributed by atoms with Crippen molar-refractivity contribution in [3.05, 3.63) is 80.4 Å². The summed E-state index contributed by atoms with van der Waals surface area (Å²) in [6, 6.07) is 10.1. The Morgan fingerprint density at radius 1 is 1.03 bits per heavy atom. The molecule has 0 N–H and O–H groups in total. The molecule has 1 aliphatic heterocycles. The summed E-state index contributed by atoms with van der Waals surface area (Å²) in [4.78, 5) is 14.5. The van der Waals surface area contributed by atoms with Crippen molar-refractivity contribution in [2.75, 3.05) is 31.1 Å². The average Bonchev–Trinajstić information content (AvgIpc) is 2.78. The molecule has 0 unspecified atom stereocenters. The minimum atomic E-state index is -3.82. The molecule has 0 spiro atoms. The average molecular weight is 497 g/mol. The van der Waals surface area contributed by atoms with Crippen LogP contribution in [0.3, 0.4) is 0 Å². The maximum atomic E-state index is 13.5. The molecule has 2 heterocycles. The Kier molecular flexibility index (Phi) is 6.26. The molecule has 1 aromatic heterocycles. The van der Waals surface area contributed by atoms with Crippen LogP contribution in [0.25, 0.3) is 5.69 Å². The Balaban J connectivity index is 1.54. The summed E-state index contributed by atoms with van der Waals surface area (Å²) in [5, 5.41) is 4.72. The van der Waals surface area contributed by atoms with Crippen molar-refractivity contribution in [1.29, 1.82) is 0 Å². The normalized spacial score (nSPS) is 15.2. The van der Waals surface area contributed by atoms with Gasteiger partial charge in [-0.2, -0.15) is 14.1 Å². The molecule has 3 aromatic rings. The zero-order valence-electron chi connectivity index (χ0n) is 17.0. The minimum Gasteiger partial charge on any atom is -0.366 e. The van der Waals surface area contributed by atoms with Gasteiger partial charge in [0.1, 0.15) is 10.8 Å². The topological polar surface area (TPSA) is 75.5 Å². The van der Waals surface area contributed by atoms with Gasteiger partial charge in [-0.3, -0.25) is 4.79 Å². The number of benzene rings is 2. The van der Waals surface area contributed by atoms with Gasteiger partial charge in [0.15, 0.2) is 0 Å². The van der Waals surface area contributed by atoms with Gasteiger partial charge in [0, 0.05) is 31.2 Å². The Hall–Kier alpha value is -2.46. The van der Waals surface area contributed by atoms with Gasteiger partial charge in [-0.15, -0.1) is 0 Å². The van der Waals surface area contributed by atoms with Gasteiger partial charge in [-0.1, -0.05) is 35.3 Å². The van der Waals surface area contributed by atoms with E-state index in [-0.39, 0.29) is 23.0 Å². The van der Waals surface area contributed by atoms with Crippen LogP contribution in [-0.4, -0.2) is 48.7 Å². The summed E-state index contributed by atoms with van der Waals surface area (Å²) in [6.07, 6.45) is 1.48. The zero-order valence-corrected chi connectivity index (χ0v) is 19.3. The highest BCUT2D eigenvalue weighted by atomic mass is 35.5. The molecule has 1 aliphatic rings. The Morgan fingerprint density at radius 3 is 2.41 bits per heavy atom. The maximum absolute atomic E-state index is 13.5. The third-order valence-corrected chi connectivity index (χ3v) is 7.97. The van der Waals surface area contributed by atoms with Crippen LogP contribution in [0.4, 0.5) is 10.1 Å². The lowest BCUT2D eigenvalue weighted by Gasteiger charge is -2.35. The van der Waals surface area contributed by atoms with E-state index in [0.717, 1.165) is 11.6 Å². The second kappa shape index (κ2) is 8.82. The van der Waals surface area contributed by atoms with Crippen LogP contribution in [0, 0.1) is 12.7 Å². The van der Waals surface area contributed by atoms with Gasteiger partial charge in [0.05, 0.1) is 22.5 Å². The molecule has 0 saturated carbocycles. The molecule has 0 radical (unpaired) electrons. The lowest BCUT2D eigenvalue weighted by Crippen LogP contribution is -2.49. The number of anilines is 1. The van der Waals surface area contributed by atoms with Crippen LogP contribution in [0.1, 0.15) is 5.56 Å². The largest absolute Gasteiger partial charge is 0.366 e.